The number of rotatable bonds is 8. The topological polar surface area (TPSA) is 97.0 Å². The van der Waals surface area contributed by atoms with E-state index in [2.05, 4.69) is 10.6 Å². The van der Waals surface area contributed by atoms with Crippen LogP contribution in [0.3, 0.4) is 0 Å². The fourth-order valence-corrected chi connectivity index (χ4v) is 4.24. The standard InChI is InChI=1S/C24H25Cl2N3O5/c25-20-8-3-16(11-21(20)26)28-22(30)14-34-18-6-4-17(5-7-18)29-13-15(10-23(29)31)24(32)27-12-19-2-1-9-33-19/h3-8,11,15,19H,1-2,9-10,12-14H2,(H,27,32)(H,28,30)/t15-,19+/m0/s1. The second-order valence-electron chi connectivity index (χ2n) is 8.25. The van der Waals surface area contributed by atoms with E-state index in [0.717, 1.165) is 19.4 Å². The van der Waals surface area contributed by atoms with Crippen molar-refractivity contribution in [2.24, 2.45) is 5.92 Å². The van der Waals surface area contributed by atoms with Crippen molar-refractivity contribution >= 4 is 52.3 Å². The Balaban J connectivity index is 1.25. The highest BCUT2D eigenvalue weighted by Gasteiger charge is 2.35. The number of nitrogens with zero attached hydrogens (tertiary/aromatic N) is 1. The molecule has 34 heavy (non-hydrogen) atoms. The number of anilines is 2. The van der Waals surface area contributed by atoms with Gasteiger partial charge >= 0.3 is 0 Å². The lowest BCUT2D eigenvalue weighted by atomic mass is 10.1. The van der Waals surface area contributed by atoms with E-state index >= 15 is 0 Å². The van der Waals surface area contributed by atoms with Crippen LogP contribution < -0.4 is 20.3 Å². The number of carbonyl (C=O) groups is 3. The molecule has 0 bridgehead atoms. The number of halogens is 2. The van der Waals surface area contributed by atoms with Crippen LogP contribution in [-0.4, -0.2) is 50.1 Å². The van der Waals surface area contributed by atoms with E-state index in [1.54, 1.807) is 47.4 Å². The van der Waals surface area contributed by atoms with Crippen LogP contribution in [0.25, 0.3) is 0 Å². The van der Waals surface area contributed by atoms with Crippen LogP contribution in [0.15, 0.2) is 42.5 Å². The van der Waals surface area contributed by atoms with E-state index < -0.39 is 5.92 Å². The van der Waals surface area contributed by atoms with Crippen molar-refractivity contribution in [3.8, 4) is 5.75 Å². The van der Waals surface area contributed by atoms with Gasteiger partial charge in [0.25, 0.3) is 5.91 Å². The van der Waals surface area contributed by atoms with Crippen molar-refractivity contribution in [1.82, 2.24) is 5.32 Å². The molecule has 0 saturated carbocycles. The van der Waals surface area contributed by atoms with E-state index in [-0.39, 0.29) is 36.9 Å². The number of amides is 3. The molecular formula is C24H25Cl2N3O5. The van der Waals surface area contributed by atoms with Gasteiger partial charge in [-0.05, 0) is 55.3 Å². The van der Waals surface area contributed by atoms with Crippen molar-refractivity contribution in [3.05, 3.63) is 52.5 Å². The van der Waals surface area contributed by atoms with Gasteiger partial charge in [0.1, 0.15) is 5.75 Å². The Kier molecular flexibility index (Phi) is 7.92. The summed E-state index contributed by atoms with van der Waals surface area (Å²) in [6.07, 6.45) is 2.19. The van der Waals surface area contributed by atoms with Crippen LogP contribution in [0.5, 0.6) is 5.75 Å². The first-order valence-electron chi connectivity index (χ1n) is 11.1. The first-order valence-corrected chi connectivity index (χ1v) is 11.8. The molecule has 0 aliphatic carbocycles. The second-order valence-corrected chi connectivity index (χ2v) is 9.06. The number of ether oxygens (including phenoxy) is 2. The SMILES string of the molecule is O=C(COc1ccc(N2C[C@@H](C(=O)NC[C@H]3CCCO3)CC2=O)cc1)Nc1ccc(Cl)c(Cl)c1. The van der Waals surface area contributed by atoms with Gasteiger partial charge in [-0.3, -0.25) is 14.4 Å². The van der Waals surface area contributed by atoms with Gasteiger partial charge in [0.05, 0.1) is 22.1 Å². The van der Waals surface area contributed by atoms with Gasteiger partial charge in [0, 0.05) is 37.5 Å². The molecule has 0 radical (unpaired) electrons. The fourth-order valence-electron chi connectivity index (χ4n) is 3.94. The Morgan fingerprint density at radius 1 is 1.12 bits per heavy atom. The Labute approximate surface area is 207 Å². The molecule has 4 rings (SSSR count). The molecule has 2 heterocycles. The predicted octanol–water partition coefficient (Wildman–Crippen LogP) is 3.66. The van der Waals surface area contributed by atoms with Crippen LogP contribution in [0.4, 0.5) is 11.4 Å². The van der Waals surface area contributed by atoms with Crippen LogP contribution in [0, 0.1) is 5.92 Å². The van der Waals surface area contributed by atoms with E-state index in [1.165, 1.54) is 0 Å². The molecule has 2 aliphatic rings. The summed E-state index contributed by atoms with van der Waals surface area (Å²) in [7, 11) is 0. The first-order chi connectivity index (χ1) is 16.4. The summed E-state index contributed by atoms with van der Waals surface area (Å²) in [6.45, 7) is 1.34. The van der Waals surface area contributed by atoms with Gasteiger partial charge in [0.2, 0.25) is 11.8 Å². The summed E-state index contributed by atoms with van der Waals surface area (Å²) in [4.78, 5) is 38.7. The molecule has 2 atom stereocenters. The minimum atomic E-state index is -0.394. The summed E-state index contributed by atoms with van der Waals surface area (Å²) in [5, 5.41) is 6.33. The van der Waals surface area contributed by atoms with Crippen molar-refractivity contribution in [1.29, 1.82) is 0 Å². The maximum atomic E-state index is 12.5. The molecule has 2 aliphatic heterocycles. The van der Waals surface area contributed by atoms with Gasteiger partial charge in [0.15, 0.2) is 6.61 Å². The van der Waals surface area contributed by atoms with Gasteiger partial charge in [-0.15, -0.1) is 0 Å². The fraction of sp³-hybridized carbons (Fsp3) is 0.375. The Bertz CT molecular complexity index is 1060. The Morgan fingerprint density at radius 2 is 1.91 bits per heavy atom. The maximum Gasteiger partial charge on any atom is 0.262 e. The molecule has 0 unspecified atom stereocenters. The summed E-state index contributed by atoms with van der Waals surface area (Å²) < 4.78 is 11.1. The largest absolute Gasteiger partial charge is 0.484 e. The monoisotopic (exact) mass is 505 g/mol. The highest BCUT2D eigenvalue weighted by atomic mass is 35.5. The number of nitrogens with one attached hydrogen (secondary N) is 2. The number of carbonyl (C=O) groups excluding carboxylic acids is 3. The first kappa shape index (κ1) is 24.3. The quantitative estimate of drug-likeness (QED) is 0.570. The molecule has 180 valence electrons. The molecule has 8 nitrogen and oxygen atoms in total. The average molecular weight is 506 g/mol. The van der Waals surface area contributed by atoms with Crippen molar-refractivity contribution in [2.75, 3.05) is 36.5 Å². The van der Waals surface area contributed by atoms with Crippen molar-refractivity contribution < 1.29 is 23.9 Å². The second kappa shape index (κ2) is 11.1. The van der Waals surface area contributed by atoms with Crippen LogP contribution in [0.2, 0.25) is 10.0 Å². The minimum absolute atomic E-state index is 0.0655. The predicted molar refractivity (Wildman–Crippen MR) is 129 cm³/mol. The summed E-state index contributed by atoms with van der Waals surface area (Å²) in [6, 6.07) is 11.6. The third-order valence-electron chi connectivity index (χ3n) is 5.75. The number of hydrogen-bond acceptors (Lipinski definition) is 5. The third kappa shape index (κ3) is 6.20. The molecule has 2 saturated heterocycles. The van der Waals surface area contributed by atoms with E-state index in [1.807, 2.05) is 0 Å². The molecule has 2 fully saturated rings. The molecule has 2 aromatic rings. The lowest BCUT2D eigenvalue weighted by Gasteiger charge is -2.18. The zero-order valence-electron chi connectivity index (χ0n) is 18.4. The molecular weight excluding hydrogens is 481 g/mol. The van der Waals surface area contributed by atoms with E-state index in [4.69, 9.17) is 32.7 Å². The van der Waals surface area contributed by atoms with Crippen LogP contribution in [0.1, 0.15) is 19.3 Å². The van der Waals surface area contributed by atoms with Crippen molar-refractivity contribution in [3.63, 3.8) is 0 Å². The number of hydrogen-bond donors (Lipinski definition) is 2. The molecule has 10 heteroatoms. The summed E-state index contributed by atoms with van der Waals surface area (Å²) >= 11 is 11.8. The Hall–Kier alpha value is -2.81. The number of benzene rings is 2. The molecule has 2 aromatic carbocycles. The zero-order valence-corrected chi connectivity index (χ0v) is 19.9. The summed E-state index contributed by atoms with van der Waals surface area (Å²) in [5.74, 6) is -0.499. The minimum Gasteiger partial charge on any atom is -0.484 e. The third-order valence-corrected chi connectivity index (χ3v) is 6.48. The molecule has 0 aromatic heterocycles. The van der Waals surface area contributed by atoms with Crippen LogP contribution >= 0.6 is 23.2 Å². The molecule has 0 spiro atoms. The smallest absolute Gasteiger partial charge is 0.262 e. The molecule has 2 N–H and O–H groups in total. The maximum absolute atomic E-state index is 12.5. The van der Waals surface area contributed by atoms with Crippen molar-refractivity contribution in [2.45, 2.75) is 25.4 Å². The highest BCUT2D eigenvalue weighted by Crippen LogP contribution is 2.28. The zero-order chi connectivity index (χ0) is 24.1. The Morgan fingerprint density at radius 3 is 2.62 bits per heavy atom. The lowest BCUT2D eigenvalue weighted by molar-refractivity contribution is -0.126. The van der Waals surface area contributed by atoms with E-state index in [0.29, 0.717) is 40.3 Å². The average Bonchev–Trinajstić information content (AvgIpc) is 3.49. The summed E-state index contributed by atoms with van der Waals surface area (Å²) in [5.41, 5.74) is 1.19. The van der Waals surface area contributed by atoms with Gasteiger partial charge in [-0.1, -0.05) is 23.2 Å². The van der Waals surface area contributed by atoms with E-state index in [9.17, 15) is 14.4 Å². The highest BCUT2D eigenvalue weighted by molar-refractivity contribution is 6.42. The molecule has 3 amide bonds. The normalized spacial score (nSPS) is 19.8. The van der Waals surface area contributed by atoms with Crippen LogP contribution in [-0.2, 0) is 19.1 Å². The lowest BCUT2D eigenvalue weighted by Crippen LogP contribution is -2.37. The van der Waals surface area contributed by atoms with Gasteiger partial charge < -0.3 is 25.0 Å². The van der Waals surface area contributed by atoms with Gasteiger partial charge in [-0.25, -0.2) is 0 Å². The van der Waals surface area contributed by atoms with Gasteiger partial charge in [-0.2, -0.15) is 0 Å².